The van der Waals surface area contributed by atoms with Gasteiger partial charge in [-0.3, -0.25) is 0 Å². The number of nitrogens with zero attached hydrogens (tertiary/aromatic N) is 1. The van der Waals surface area contributed by atoms with Crippen molar-refractivity contribution in [2.24, 2.45) is 0 Å². The zero-order chi connectivity index (χ0) is 11.3. The lowest BCUT2D eigenvalue weighted by Crippen LogP contribution is -2.24. The lowest BCUT2D eigenvalue weighted by molar-refractivity contribution is 0.367. The molecule has 0 saturated carbocycles. The van der Waals surface area contributed by atoms with Crippen LogP contribution in [0.5, 0.6) is 0 Å². The van der Waals surface area contributed by atoms with Gasteiger partial charge in [0.2, 0.25) is 0 Å². The molecule has 0 radical (unpaired) electrons. The second kappa shape index (κ2) is 5.83. The number of nitrogens with two attached hydrogens (primary N) is 1. The van der Waals surface area contributed by atoms with E-state index in [1.54, 1.807) is 6.07 Å². The van der Waals surface area contributed by atoms with Crippen molar-refractivity contribution in [3.05, 3.63) is 23.2 Å². The normalized spacial score (nSPS) is 10.7. The summed E-state index contributed by atoms with van der Waals surface area (Å²) in [4.78, 5) is 2.23. The minimum Gasteiger partial charge on any atom is -0.399 e. The van der Waals surface area contributed by atoms with Crippen LogP contribution in [0.1, 0.15) is 6.92 Å². The van der Waals surface area contributed by atoms with E-state index in [1.807, 2.05) is 12.1 Å². The predicted molar refractivity (Wildman–Crippen MR) is 67.5 cm³/mol. The molecule has 1 rings (SSSR count). The molecule has 0 aliphatic rings. The van der Waals surface area contributed by atoms with Gasteiger partial charge in [0.25, 0.3) is 0 Å². The van der Waals surface area contributed by atoms with E-state index in [-0.39, 0.29) is 0 Å². The van der Waals surface area contributed by atoms with E-state index < -0.39 is 0 Å². The molecule has 0 amide bonds. The summed E-state index contributed by atoms with van der Waals surface area (Å²) >= 11 is 6.02. The Bertz CT molecular complexity index is 315. The summed E-state index contributed by atoms with van der Waals surface area (Å²) in [6.45, 7) is 5.07. The second-order valence-electron chi connectivity index (χ2n) is 3.56. The first kappa shape index (κ1) is 12.1. The number of anilines is 2. The molecule has 3 N–H and O–H groups in total. The molecule has 84 valence electrons. The lowest BCUT2D eigenvalue weighted by Gasteiger charge is -2.15. The van der Waals surface area contributed by atoms with Crippen LogP contribution >= 0.6 is 11.6 Å². The molecule has 0 spiro atoms. The minimum absolute atomic E-state index is 0.675. The Kier molecular flexibility index (Phi) is 4.72. The second-order valence-corrected chi connectivity index (χ2v) is 3.97. The summed E-state index contributed by atoms with van der Waals surface area (Å²) in [5.74, 6) is 0. The monoisotopic (exact) mass is 227 g/mol. The van der Waals surface area contributed by atoms with E-state index in [2.05, 4.69) is 24.2 Å². The van der Waals surface area contributed by atoms with Crippen molar-refractivity contribution in [3.8, 4) is 0 Å². The Hall–Kier alpha value is -0.930. The van der Waals surface area contributed by atoms with Crippen molar-refractivity contribution in [2.75, 3.05) is 37.7 Å². The first-order chi connectivity index (χ1) is 7.13. The van der Waals surface area contributed by atoms with Crippen molar-refractivity contribution >= 4 is 23.0 Å². The predicted octanol–water partition coefficient (Wildman–Crippen LogP) is 2.29. The maximum absolute atomic E-state index is 6.02. The van der Waals surface area contributed by atoms with Crippen LogP contribution in [0.15, 0.2) is 18.2 Å². The molecule has 3 nitrogen and oxygen atoms in total. The fourth-order valence-electron chi connectivity index (χ4n) is 1.21. The van der Waals surface area contributed by atoms with E-state index in [9.17, 15) is 0 Å². The highest BCUT2D eigenvalue weighted by Gasteiger charge is 2.00. The van der Waals surface area contributed by atoms with Crippen LogP contribution < -0.4 is 11.1 Å². The smallest absolute Gasteiger partial charge is 0.0657 e. The third-order valence-electron chi connectivity index (χ3n) is 2.34. The maximum atomic E-state index is 6.02. The Balaban J connectivity index is 2.44. The van der Waals surface area contributed by atoms with E-state index in [4.69, 9.17) is 17.3 Å². The molecular weight excluding hydrogens is 210 g/mol. The molecular formula is C11H18ClN3. The molecule has 0 aliphatic heterocycles. The van der Waals surface area contributed by atoms with Crippen molar-refractivity contribution in [3.63, 3.8) is 0 Å². The quantitative estimate of drug-likeness (QED) is 0.759. The molecule has 0 bridgehead atoms. The van der Waals surface area contributed by atoms with Gasteiger partial charge in [0.05, 0.1) is 10.7 Å². The van der Waals surface area contributed by atoms with Gasteiger partial charge in [-0.15, -0.1) is 0 Å². The third kappa shape index (κ3) is 3.98. The summed E-state index contributed by atoms with van der Waals surface area (Å²) < 4.78 is 0. The van der Waals surface area contributed by atoms with Crippen LogP contribution in [-0.2, 0) is 0 Å². The van der Waals surface area contributed by atoms with Gasteiger partial charge >= 0.3 is 0 Å². The number of hydrogen-bond acceptors (Lipinski definition) is 3. The molecule has 1 aromatic carbocycles. The largest absolute Gasteiger partial charge is 0.399 e. The Labute approximate surface area is 96.2 Å². The zero-order valence-corrected chi connectivity index (χ0v) is 10.0. The summed E-state index contributed by atoms with van der Waals surface area (Å²) in [5.41, 5.74) is 7.24. The van der Waals surface area contributed by atoms with Crippen LogP contribution in [0.4, 0.5) is 11.4 Å². The maximum Gasteiger partial charge on any atom is 0.0657 e. The molecule has 0 aromatic heterocycles. The first-order valence-corrected chi connectivity index (χ1v) is 5.48. The highest BCUT2D eigenvalue weighted by molar-refractivity contribution is 6.33. The molecule has 4 heteroatoms. The highest BCUT2D eigenvalue weighted by Crippen LogP contribution is 2.23. The van der Waals surface area contributed by atoms with E-state index in [0.717, 1.165) is 25.3 Å². The number of nitrogen functional groups attached to an aromatic ring is 1. The fourth-order valence-corrected chi connectivity index (χ4v) is 1.47. The summed E-state index contributed by atoms with van der Waals surface area (Å²) in [6, 6.07) is 5.51. The van der Waals surface area contributed by atoms with Crippen LogP contribution in [0.25, 0.3) is 0 Å². The standard InChI is InChI=1S/C11H18ClN3/c1-3-15(2)7-6-14-11-5-4-9(13)8-10(11)12/h4-5,8,14H,3,6-7,13H2,1-2H3. The van der Waals surface area contributed by atoms with Gasteiger partial charge in [-0.05, 0) is 31.8 Å². The van der Waals surface area contributed by atoms with Gasteiger partial charge in [0.15, 0.2) is 0 Å². The van der Waals surface area contributed by atoms with Crippen molar-refractivity contribution in [1.29, 1.82) is 0 Å². The summed E-state index contributed by atoms with van der Waals surface area (Å²) in [5, 5.41) is 3.95. The fraction of sp³-hybridized carbons (Fsp3) is 0.455. The van der Waals surface area contributed by atoms with E-state index >= 15 is 0 Å². The van der Waals surface area contributed by atoms with Crippen LogP contribution in [0.2, 0.25) is 5.02 Å². The number of halogens is 1. The van der Waals surface area contributed by atoms with Crippen LogP contribution in [0, 0.1) is 0 Å². The van der Waals surface area contributed by atoms with Gasteiger partial charge in [0, 0.05) is 18.8 Å². The van der Waals surface area contributed by atoms with Gasteiger partial charge < -0.3 is 16.0 Å². The average molecular weight is 228 g/mol. The van der Waals surface area contributed by atoms with Crippen molar-refractivity contribution in [2.45, 2.75) is 6.92 Å². The Morgan fingerprint density at radius 2 is 2.20 bits per heavy atom. The first-order valence-electron chi connectivity index (χ1n) is 5.11. The molecule has 1 aromatic rings. The topological polar surface area (TPSA) is 41.3 Å². The van der Waals surface area contributed by atoms with Crippen LogP contribution in [0.3, 0.4) is 0 Å². The summed E-state index contributed by atoms with van der Waals surface area (Å²) in [7, 11) is 2.09. The molecule has 0 heterocycles. The number of rotatable bonds is 5. The van der Waals surface area contributed by atoms with E-state index in [1.165, 1.54) is 0 Å². The van der Waals surface area contributed by atoms with Gasteiger partial charge in [-0.1, -0.05) is 18.5 Å². The number of nitrogens with one attached hydrogen (secondary N) is 1. The Morgan fingerprint density at radius 3 is 2.80 bits per heavy atom. The highest BCUT2D eigenvalue weighted by atomic mass is 35.5. The molecule has 0 atom stereocenters. The zero-order valence-electron chi connectivity index (χ0n) is 9.26. The van der Waals surface area contributed by atoms with Crippen molar-refractivity contribution < 1.29 is 0 Å². The SMILES string of the molecule is CCN(C)CCNc1ccc(N)cc1Cl. The Morgan fingerprint density at radius 1 is 1.47 bits per heavy atom. The number of hydrogen-bond donors (Lipinski definition) is 2. The average Bonchev–Trinajstić information content (AvgIpc) is 2.21. The number of benzene rings is 1. The molecule has 15 heavy (non-hydrogen) atoms. The number of likely N-dealkylation sites (N-methyl/N-ethyl adjacent to an activating group) is 1. The van der Waals surface area contributed by atoms with Gasteiger partial charge in [-0.25, -0.2) is 0 Å². The van der Waals surface area contributed by atoms with Gasteiger partial charge in [0.1, 0.15) is 0 Å². The molecule has 0 saturated heterocycles. The summed E-state index contributed by atoms with van der Waals surface area (Å²) in [6.07, 6.45) is 0. The molecule has 0 unspecified atom stereocenters. The minimum atomic E-state index is 0.675. The van der Waals surface area contributed by atoms with Crippen LogP contribution in [-0.4, -0.2) is 31.6 Å². The van der Waals surface area contributed by atoms with E-state index in [0.29, 0.717) is 10.7 Å². The third-order valence-corrected chi connectivity index (χ3v) is 2.65. The molecule has 0 fully saturated rings. The molecule has 0 aliphatic carbocycles. The lowest BCUT2D eigenvalue weighted by atomic mass is 10.3. The van der Waals surface area contributed by atoms with Crippen molar-refractivity contribution in [1.82, 2.24) is 4.90 Å². The van der Waals surface area contributed by atoms with Gasteiger partial charge in [-0.2, -0.15) is 0 Å².